The number of hydrogen-bond acceptors (Lipinski definition) is 3. The molecule has 0 unspecified atom stereocenters. The summed E-state index contributed by atoms with van der Waals surface area (Å²) in [6.07, 6.45) is 11.5. The van der Waals surface area contributed by atoms with E-state index in [1.54, 1.807) is 0 Å². The lowest BCUT2D eigenvalue weighted by Crippen LogP contribution is -2.43. The Morgan fingerprint density at radius 3 is 2.43 bits per heavy atom. The largest absolute Gasteiger partial charge is 0.372 e. The summed E-state index contributed by atoms with van der Waals surface area (Å²) in [7, 11) is 0. The van der Waals surface area contributed by atoms with E-state index < -0.39 is 0 Å². The molecule has 0 aromatic rings. The molecule has 1 heterocycles. The predicted molar refractivity (Wildman–Crippen MR) is 101 cm³/mol. The predicted octanol–water partition coefficient (Wildman–Crippen LogP) is 4.30. The minimum atomic E-state index is 0.730. The van der Waals surface area contributed by atoms with Crippen molar-refractivity contribution in [3.8, 4) is 0 Å². The molecule has 0 aromatic carbocycles. The second-order valence-electron chi connectivity index (χ2n) is 6.58. The maximum Gasteiger partial charge on any atom is 0.0464 e. The lowest BCUT2D eigenvalue weighted by atomic mass is 9.75. The van der Waals surface area contributed by atoms with Gasteiger partial charge in [0.05, 0.1) is 0 Å². The highest BCUT2D eigenvalue weighted by Crippen LogP contribution is 2.38. The summed E-state index contributed by atoms with van der Waals surface area (Å²) < 4.78 is 0. The fourth-order valence-corrected chi connectivity index (χ4v) is 3.48. The number of allylic oxidation sites excluding steroid dienone is 5. The van der Waals surface area contributed by atoms with E-state index in [-0.39, 0.29) is 0 Å². The van der Waals surface area contributed by atoms with Gasteiger partial charge in [0.2, 0.25) is 0 Å². The van der Waals surface area contributed by atoms with Crippen LogP contribution in [-0.4, -0.2) is 36.8 Å². The number of nitrogens with zero attached hydrogens (tertiary/aromatic N) is 2. The quantitative estimate of drug-likeness (QED) is 0.584. The second-order valence-corrected chi connectivity index (χ2v) is 6.58. The first kappa shape index (κ1) is 18.0. The van der Waals surface area contributed by atoms with Crippen molar-refractivity contribution in [2.45, 2.75) is 53.4 Å². The highest BCUT2D eigenvalue weighted by Gasteiger charge is 2.27. The van der Waals surface area contributed by atoms with Crippen LogP contribution in [0.2, 0.25) is 0 Å². The fraction of sp³-hybridized carbons (Fsp3) is 0.650. The number of piperazine rings is 1. The molecule has 0 spiro atoms. The van der Waals surface area contributed by atoms with Gasteiger partial charge < -0.3 is 10.2 Å². The molecule has 23 heavy (non-hydrogen) atoms. The Morgan fingerprint density at radius 2 is 1.91 bits per heavy atom. The van der Waals surface area contributed by atoms with Crippen LogP contribution in [0.25, 0.3) is 0 Å². The molecular formula is C20H33N3. The monoisotopic (exact) mass is 315 g/mol. The summed E-state index contributed by atoms with van der Waals surface area (Å²) in [6, 6.07) is 0. The van der Waals surface area contributed by atoms with Gasteiger partial charge in [-0.25, -0.2) is 0 Å². The van der Waals surface area contributed by atoms with Gasteiger partial charge in [-0.15, -0.1) is 0 Å². The van der Waals surface area contributed by atoms with Gasteiger partial charge in [0.25, 0.3) is 0 Å². The topological polar surface area (TPSA) is 27.6 Å². The van der Waals surface area contributed by atoms with E-state index in [0.717, 1.165) is 44.2 Å². The van der Waals surface area contributed by atoms with Gasteiger partial charge in [0.15, 0.2) is 0 Å². The van der Waals surface area contributed by atoms with Gasteiger partial charge in [-0.2, -0.15) is 0 Å². The molecule has 2 rings (SSSR count). The molecule has 0 radical (unpaired) electrons. The molecular weight excluding hydrogens is 282 g/mol. The first-order chi connectivity index (χ1) is 11.2. The summed E-state index contributed by atoms with van der Waals surface area (Å²) in [5.74, 6) is 0.730. The molecule has 0 atom stereocenters. The van der Waals surface area contributed by atoms with Crippen LogP contribution >= 0.6 is 0 Å². The van der Waals surface area contributed by atoms with Crippen LogP contribution in [0.1, 0.15) is 53.4 Å². The van der Waals surface area contributed by atoms with Crippen LogP contribution in [0, 0.1) is 5.92 Å². The van der Waals surface area contributed by atoms with Gasteiger partial charge in [0.1, 0.15) is 0 Å². The Hall–Kier alpha value is -1.35. The summed E-state index contributed by atoms with van der Waals surface area (Å²) in [5, 5.41) is 3.45. The Bertz CT molecular complexity index is 501. The van der Waals surface area contributed by atoms with Crippen molar-refractivity contribution in [2.24, 2.45) is 10.9 Å². The molecule has 1 saturated carbocycles. The zero-order valence-corrected chi connectivity index (χ0v) is 15.4. The van der Waals surface area contributed by atoms with E-state index in [0.29, 0.717) is 0 Å². The van der Waals surface area contributed by atoms with Crippen molar-refractivity contribution in [3.05, 3.63) is 35.2 Å². The van der Waals surface area contributed by atoms with E-state index in [9.17, 15) is 0 Å². The van der Waals surface area contributed by atoms with Gasteiger partial charge in [-0.05, 0) is 51.5 Å². The second kappa shape index (κ2) is 9.07. The van der Waals surface area contributed by atoms with Crippen LogP contribution in [0.5, 0.6) is 0 Å². The molecule has 128 valence electrons. The lowest BCUT2D eigenvalue weighted by Gasteiger charge is -2.35. The molecule has 1 aliphatic carbocycles. The van der Waals surface area contributed by atoms with Crippen molar-refractivity contribution in [2.75, 3.05) is 26.2 Å². The summed E-state index contributed by atoms with van der Waals surface area (Å²) in [6.45, 7) is 13.1. The zero-order chi connectivity index (χ0) is 16.7. The third-order valence-electron chi connectivity index (χ3n) is 5.07. The van der Waals surface area contributed by atoms with Crippen molar-refractivity contribution >= 4 is 5.71 Å². The van der Waals surface area contributed by atoms with E-state index in [4.69, 9.17) is 4.99 Å². The molecule has 3 nitrogen and oxygen atoms in total. The van der Waals surface area contributed by atoms with Crippen molar-refractivity contribution in [1.82, 2.24) is 10.2 Å². The standard InChI is InChI=1S/C20H33N3/c1-5-7-11-22-16(3)20(19(6-2)18-9-8-10-18)17(4)23-14-12-21-13-15-23/h6-7,11,18,21H,5,8-10,12-15H2,1-4H3/b11-7+,19-6-,20-17-,22-16+. The van der Waals surface area contributed by atoms with Crippen LogP contribution in [0.15, 0.2) is 40.2 Å². The van der Waals surface area contributed by atoms with E-state index in [2.05, 4.69) is 50.1 Å². The molecule has 2 aliphatic rings. The van der Waals surface area contributed by atoms with E-state index in [1.807, 2.05) is 6.20 Å². The van der Waals surface area contributed by atoms with Crippen molar-refractivity contribution in [3.63, 3.8) is 0 Å². The SMILES string of the molecule is C\C=C(C(/C(C)=N/C=C/CC)=C(/C)N1CCNCC1)\C1CCC1. The third-order valence-corrected chi connectivity index (χ3v) is 5.07. The zero-order valence-electron chi connectivity index (χ0n) is 15.4. The number of hydrogen-bond donors (Lipinski definition) is 1. The third kappa shape index (κ3) is 4.57. The maximum absolute atomic E-state index is 4.73. The molecule has 3 heteroatoms. The summed E-state index contributed by atoms with van der Waals surface area (Å²) in [5.41, 5.74) is 5.46. The van der Waals surface area contributed by atoms with Crippen molar-refractivity contribution in [1.29, 1.82) is 0 Å². The number of rotatable bonds is 6. The molecule has 1 N–H and O–H groups in total. The first-order valence-corrected chi connectivity index (χ1v) is 9.21. The van der Waals surface area contributed by atoms with Crippen LogP contribution in [0.3, 0.4) is 0 Å². The molecule has 0 bridgehead atoms. The molecule has 0 amide bonds. The summed E-state index contributed by atoms with van der Waals surface area (Å²) >= 11 is 0. The van der Waals surface area contributed by atoms with Crippen LogP contribution in [-0.2, 0) is 0 Å². The molecule has 1 aliphatic heterocycles. The van der Waals surface area contributed by atoms with Crippen LogP contribution < -0.4 is 5.32 Å². The van der Waals surface area contributed by atoms with Gasteiger partial charge in [0, 0.05) is 49.4 Å². The smallest absolute Gasteiger partial charge is 0.0464 e. The van der Waals surface area contributed by atoms with Gasteiger partial charge in [-0.1, -0.05) is 25.5 Å². The Morgan fingerprint density at radius 1 is 1.22 bits per heavy atom. The first-order valence-electron chi connectivity index (χ1n) is 9.21. The van der Waals surface area contributed by atoms with Crippen molar-refractivity contribution < 1.29 is 0 Å². The Labute approximate surface area is 142 Å². The lowest BCUT2D eigenvalue weighted by molar-refractivity contribution is 0.297. The highest BCUT2D eigenvalue weighted by atomic mass is 15.2. The number of nitrogens with one attached hydrogen (secondary N) is 1. The minimum absolute atomic E-state index is 0.730. The molecule has 2 fully saturated rings. The summed E-state index contributed by atoms with van der Waals surface area (Å²) in [4.78, 5) is 7.26. The maximum atomic E-state index is 4.73. The highest BCUT2D eigenvalue weighted by molar-refractivity contribution is 6.03. The normalized spacial score (nSPS) is 22.3. The van der Waals surface area contributed by atoms with Gasteiger partial charge >= 0.3 is 0 Å². The molecule has 1 saturated heterocycles. The average molecular weight is 316 g/mol. The fourth-order valence-electron chi connectivity index (χ4n) is 3.48. The Kier molecular flexibility index (Phi) is 7.10. The van der Waals surface area contributed by atoms with E-state index in [1.165, 1.54) is 36.1 Å². The van der Waals surface area contributed by atoms with Crippen LogP contribution in [0.4, 0.5) is 0 Å². The van der Waals surface area contributed by atoms with E-state index >= 15 is 0 Å². The number of aliphatic imine (C=N–C) groups is 1. The Balaban J connectivity index is 2.36. The average Bonchev–Trinajstić information content (AvgIpc) is 2.53. The van der Waals surface area contributed by atoms with Gasteiger partial charge in [-0.3, -0.25) is 4.99 Å². The molecule has 0 aromatic heterocycles. The minimum Gasteiger partial charge on any atom is -0.372 e.